The number of rotatable bonds is 5. The average molecular weight is 328 g/mol. The zero-order valence-corrected chi connectivity index (χ0v) is 13.3. The lowest BCUT2D eigenvalue weighted by Crippen LogP contribution is -2.26. The highest BCUT2D eigenvalue weighted by Gasteiger charge is 2.17. The van der Waals surface area contributed by atoms with Crippen molar-refractivity contribution < 1.29 is 14.3 Å². The fourth-order valence-electron chi connectivity index (χ4n) is 2.38. The van der Waals surface area contributed by atoms with Gasteiger partial charge in [0, 0.05) is 18.7 Å². The number of benzene rings is 1. The number of hydrogen-bond acceptors (Lipinski definition) is 6. The van der Waals surface area contributed by atoms with Gasteiger partial charge in [-0.1, -0.05) is 30.3 Å². The molecule has 0 unspecified atom stereocenters. The number of fused-ring (bicyclic) bond motifs is 1. The van der Waals surface area contributed by atoms with Gasteiger partial charge in [0.05, 0.1) is 19.4 Å². The number of carbonyl (C=O) groups is 1. The van der Waals surface area contributed by atoms with Gasteiger partial charge < -0.3 is 9.47 Å². The van der Waals surface area contributed by atoms with E-state index in [0.717, 1.165) is 10.2 Å². The summed E-state index contributed by atoms with van der Waals surface area (Å²) in [5, 5.41) is 4.20. The molecule has 0 aliphatic rings. The number of aromatic nitrogens is 4. The van der Waals surface area contributed by atoms with Crippen molar-refractivity contribution in [3.05, 3.63) is 52.6 Å². The van der Waals surface area contributed by atoms with Crippen molar-refractivity contribution in [3.8, 4) is 11.4 Å². The number of ether oxygens (including phenoxy) is 2. The van der Waals surface area contributed by atoms with Gasteiger partial charge in [-0.05, 0) is 0 Å². The highest BCUT2D eigenvalue weighted by atomic mass is 16.5. The molecule has 0 aliphatic carbocycles. The van der Waals surface area contributed by atoms with Crippen molar-refractivity contribution in [2.75, 3.05) is 14.2 Å². The summed E-state index contributed by atoms with van der Waals surface area (Å²) in [4.78, 5) is 28.6. The van der Waals surface area contributed by atoms with Gasteiger partial charge in [0.1, 0.15) is 12.4 Å². The third-order valence-corrected chi connectivity index (χ3v) is 3.45. The molecule has 0 amide bonds. The van der Waals surface area contributed by atoms with Crippen LogP contribution in [0.5, 0.6) is 0 Å². The first-order valence-corrected chi connectivity index (χ1v) is 7.24. The van der Waals surface area contributed by atoms with Gasteiger partial charge in [-0.2, -0.15) is 0 Å². The minimum atomic E-state index is -0.549. The number of hydrogen-bond donors (Lipinski definition) is 0. The maximum absolute atomic E-state index is 12.6. The molecule has 124 valence electrons. The maximum Gasteiger partial charge on any atom is 0.352 e. The largest absolute Gasteiger partial charge is 0.468 e. The summed E-state index contributed by atoms with van der Waals surface area (Å²) in [5.74, 6) is -0.104. The summed E-state index contributed by atoms with van der Waals surface area (Å²) in [6, 6.07) is 10.9. The van der Waals surface area contributed by atoms with Crippen molar-refractivity contribution in [2.24, 2.45) is 0 Å². The van der Waals surface area contributed by atoms with E-state index in [1.807, 2.05) is 30.3 Å². The molecule has 0 saturated heterocycles. The van der Waals surface area contributed by atoms with Gasteiger partial charge in [-0.15, -0.1) is 5.10 Å². The zero-order chi connectivity index (χ0) is 17.1. The lowest BCUT2D eigenvalue weighted by Gasteiger charge is -2.06. The first-order valence-electron chi connectivity index (χ1n) is 7.24. The molecule has 0 saturated carbocycles. The van der Waals surface area contributed by atoms with E-state index in [2.05, 4.69) is 14.8 Å². The molecule has 0 atom stereocenters. The molecule has 0 aliphatic heterocycles. The third-order valence-electron chi connectivity index (χ3n) is 3.45. The first kappa shape index (κ1) is 15.9. The van der Waals surface area contributed by atoms with E-state index in [4.69, 9.17) is 4.74 Å². The normalized spacial score (nSPS) is 10.9. The van der Waals surface area contributed by atoms with E-state index >= 15 is 0 Å². The van der Waals surface area contributed by atoms with Gasteiger partial charge >= 0.3 is 11.7 Å². The second-order valence-corrected chi connectivity index (χ2v) is 5.08. The zero-order valence-electron chi connectivity index (χ0n) is 13.3. The van der Waals surface area contributed by atoms with Crippen LogP contribution >= 0.6 is 0 Å². The molecule has 24 heavy (non-hydrogen) atoms. The number of nitrogens with zero attached hydrogens (tertiary/aromatic N) is 4. The Labute approximate surface area is 137 Å². The molecule has 0 radical (unpaired) electrons. The summed E-state index contributed by atoms with van der Waals surface area (Å²) in [6.07, 6.45) is 0. The number of methoxy groups -OCH3 is 2. The lowest BCUT2D eigenvalue weighted by atomic mass is 10.2. The molecule has 0 fully saturated rings. The Morgan fingerprint density at radius 3 is 2.62 bits per heavy atom. The Morgan fingerprint density at radius 1 is 1.21 bits per heavy atom. The molecule has 8 nitrogen and oxygen atoms in total. The molecule has 2 heterocycles. The van der Waals surface area contributed by atoms with Crippen molar-refractivity contribution in [3.63, 3.8) is 0 Å². The van der Waals surface area contributed by atoms with Gasteiger partial charge in [-0.3, -0.25) is 4.79 Å². The summed E-state index contributed by atoms with van der Waals surface area (Å²) in [5.41, 5.74) is 1.34. The molecule has 0 N–H and O–H groups in total. The topological polar surface area (TPSA) is 87.7 Å². The smallest absolute Gasteiger partial charge is 0.352 e. The van der Waals surface area contributed by atoms with E-state index in [1.165, 1.54) is 11.5 Å². The maximum atomic E-state index is 12.6. The van der Waals surface area contributed by atoms with E-state index < -0.39 is 11.7 Å². The number of carbonyl (C=O) groups excluding carboxylic acids is 1. The van der Waals surface area contributed by atoms with E-state index in [-0.39, 0.29) is 13.2 Å². The van der Waals surface area contributed by atoms with Crippen LogP contribution in [0.15, 0.2) is 41.2 Å². The molecule has 3 rings (SSSR count). The summed E-state index contributed by atoms with van der Waals surface area (Å²) < 4.78 is 12.2. The van der Waals surface area contributed by atoms with E-state index in [1.54, 1.807) is 13.2 Å². The van der Waals surface area contributed by atoms with Crippen LogP contribution < -0.4 is 5.69 Å². The quantitative estimate of drug-likeness (QED) is 0.646. The molecule has 8 heteroatoms. The third kappa shape index (κ3) is 2.91. The van der Waals surface area contributed by atoms with E-state index in [0.29, 0.717) is 17.2 Å². The Kier molecular flexibility index (Phi) is 4.39. The highest BCUT2D eigenvalue weighted by molar-refractivity contribution is 5.69. The summed E-state index contributed by atoms with van der Waals surface area (Å²) in [6.45, 7) is 0.0270. The Bertz CT molecular complexity index is 930. The Hall–Kier alpha value is -3.00. The van der Waals surface area contributed by atoms with Crippen LogP contribution in [0.25, 0.3) is 17.0 Å². The predicted molar refractivity (Wildman–Crippen MR) is 85.4 cm³/mol. The van der Waals surface area contributed by atoms with Crippen LogP contribution in [0.4, 0.5) is 0 Å². The second kappa shape index (κ2) is 6.63. The first-order chi connectivity index (χ1) is 11.6. The van der Waals surface area contributed by atoms with Crippen molar-refractivity contribution >= 4 is 11.6 Å². The second-order valence-electron chi connectivity index (χ2n) is 5.08. The highest BCUT2D eigenvalue weighted by Crippen LogP contribution is 2.18. The molecule has 2 aromatic heterocycles. The molecular formula is C16H16N4O4. The Balaban J connectivity index is 2.24. The van der Waals surface area contributed by atoms with Crippen molar-refractivity contribution in [2.45, 2.75) is 13.2 Å². The Morgan fingerprint density at radius 2 is 1.96 bits per heavy atom. The number of esters is 1. The van der Waals surface area contributed by atoms with Gasteiger partial charge in [0.25, 0.3) is 0 Å². The molecule has 0 spiro atoms. The SMILES string of the molecule is COCc1cc2nn(CC(=O)OC)c(=O)n2c(-c2ccccc2)n1. The van der Waals surface area contributed by atoms with Crippen LogP contribution in [-0.4, -0.2) is 39.4 Å². The van der Waals surface area contributed by atoms with Gasteiger partial charge in [0.2, 0.25) is 0 Å². The van der Waals surface area contributed by atoms with Crippen LogP contribution in [-0.2, 0) is 27.4 Å². The van der Waals surface area contributed by atoms with Crippen molar-refractivity contribution in [1.29, 1.82) is 0 Å². The monoisotopic (exact) mass is 328 g/mol. The fourth-order valence-corrected chi connectivity index (χ4v) is 2.38. The lowest BCUT2D eigenvalue weighted by molar-refractivity contribution is -0.141. The minimum absolute atomic E-state index is 0.259. The van der Waals surface area contributed by atoms with Crippen LogP contribution in [0.1, 0.15) is 5.69 Å². The van der Waals surface area contributed by atoms with E-state index in [9.17, 15) is 9.59 Å². The fraction of sp³-hybridized carbons (Fsp3) is 0.250. The summed E-state index contributed by atoms with van der Waals surface area (Å²) >= 11 is 0. The summed E-state index contributed by atoms with van der Waals surface area (Å²) in [7, 11) is 2.83. The molecular weight excluding hydrogens is 312 g/mol. The standard InChI is InChI=1S/C16H16N4O4/c1-23-10-12-8-13-18-19(9-14(21)24-2)16(22)20(13)15(17-12)11-6-4-3-5-7-11/h3-8H,9-10H2,1-2H3. The van der Waals surface area contributed by atoms with Gasteiger partial charge in [-0.25, -0.2) is 18.9 Å². The minimum Gasteiger partial charge on any atom is -0.468 e. The predicted octanol–water partition coefficient (Wildman–Crippen LogP) is 0.877. The van der Waals surface area contributed by atoms with Crippen molar-refractivity contribution in [1.82, 2.24) is 19.2 Å². The van der Waals surface area contributed by atoms with Crippen LogP contribution in [0, 0.1) is 0 Å². The van der Waals surface area contributed by atoms with Gasteiger partial charge in [0.15, 0.2) is 5.65 Å². The molecule has 3 aromatic rings. The average Bonchev–Trinajstić information content (AvgIpc) is 2.91. The molecule has 1 aromatic carbocycles. The van der Waals surface area contributed by atoms with Crippen LogP contribution in [0.3, 0.4) is 0 Å². The molecule has 0 bridgehead atoms. The van der Waals surface area contributed by atoms with Crippen LogP contribution in [0.2, 0.25) is 0 Å².